The van der Waals surface area contributed by atoms with Crippen molar-refractivity contribution in [3.8, 4) is 0 Å². The summed E-state index contributed by atoms with van der Waals surface area (Å²) in [4.78, 5) is 23.0. The van der Waals surface area contributed by atoms with Crippen molar-refractivity contribution in [3.05, 3.63) is 12.2 Å². The number of rotatable bonds is 25. The summed E-state index contributed by atoms with van der Waals surface area (Å²) in [6.07, 6.45) is 28.0. The molecule has 4 nitrogen and oxygen atoms in total. The van der Waals surface area contributed by atoms with E-state index < -0.39 is 5.97 Å². The first kappa shape index (κ1) is 31.7. The minimum atomic E-state index is -0.722. The summed E-state index contributed by atoms with van der Waals surface area (Å²) in [6.45, 7) is 4.48. The molecule has 0 amide bonds. The Hall–Kier alpha value is -1.32. The normalized spacial score (nSPS) is 12.3. The molecule has 0 bridgehead atoms. The smallest absolute Gasteiger partial charge is 0.306 e. The second-order valence-corrected chi connectivity index (χ2v) is 9.58. The number of carboxylic acid groups (broad SMARTS) is 1. The second-order valence-electron chi connectivity index (χ2n) is 9.58. The molecule has 1 atom stereocenters. The van der Waals surface area contributed by atoms with E-state index in [1.54, 1.807) is 0 Å². The number of carboxylic acids is 1. The van der Waals surface area contributed by atoms with E-state index in [9.17, 15) is 9.59 Å². The SMILES string of the molecule is CCCCCCCCC/C=C\C(CCCCCCC(=O)O)OC(=O)CCCCCCCCC. The van der Waals surface area contributed by atoms with Crippen LogP contribution in [0.5, 0.6) is 0 Å². The lowest BCUT2D eigenvalue weighted by atomic mass is 10.1. The number of esters is 1. The highest BCUT2D eigenvalue weighted by molar-refractivity contribution is 5.69. The molecule has 0 rings (SSSR count). The van der Waals surface area contributed by atoms with Gasteiger partial charge in [0.1, 0.15) is 6.10 Å². The molecule has 33 heavy (non-hydrogen) atoms. The van der Waals surface area contributed by atoms with E-state index in [2.05, 4.69) is 26.0 Å². The van der Waals surface area contributed by atoms with E-state index >= 15 is 0 Å². The first-order chi connectivity index (χ1) is 16.1. The van der Waals surface area contributed by atoms with Gasteiger partial charge in [-0.3, -0.25) is 9.59 Å². The van der Waals surface area contributed by atoms with Gasteiger partial charge in [0.25, 0.3) is 0 Å². The Morgan fingerprint density at radius 1 is 0.667 bits per heavy atom. The Balaban J connectivity index is 4.16. The van der Waals surface area contributed by atoms with Gasteiger partial charge in [-0.05, 0) is 44.6 Å². The lowest BCUT2D eigenvalue weighted by Crippen LogP contribution is -2.16. The zero-order valence-electron chi connectivity index (χ0n) is 22.0. The monoisotopic (exact) mass is 466 g/mol. The maximum Gasteiger partial charge on any atom is 0.306 e. The molecular formula is C29H54O4. The van der Waals surface area contributed by atoms with Gasteiger partial charge in [-0.1, -0.05) is 110 Å². The number of hydrogen-bond acceptors (Lipinski definition) is 3. The van der Waals surface area contributed by atoms with E-state index in [0.717, 1.165) is 51.4 Å². The summed E-state index contributed by atoms with van der Waals surface area (Å²) in [5, 5.41) is 8.75. The van der Waals surface area contributed by atoms with Gasteiger partial charge in [0.2, 0.25) is 0 Å². The highest BCUT2D eigenvalue weighted by Gasteiger charge is 2.11. The number of allylic oxidation sites excluding steroid dienone is 1. The average Bonchev–Trinajstić information content (AvgIpc) is 2.79. The van der Waals surface area contributed by atoms with Crippen molar-refractivity contribution in [1.82, 2.24) is 0 Å². The average molecular weight is 467 g/mol. The Kier molecular flexibility index (Phi) is 24.3. The molecule has 0 aromatic heterocycles. The van der Waals surface area contributed by atoms with E-state index in [1.165, 1.54) is 77.0 Å². The van der Waals surface area contributed by atoms with Crippen LogP contribution >= 0.6 is 0 Å². The lowest BCUT2D eigenvalue weighted by Gasteiger charge is -2.15. The molecule has 0 spiro atoms. The molecule has 0 saturated heterocycles. The molecule has 0 radical (unpaired) electrons. The van der Waals surface area contributed by atoms with Crippen molar-refractivity contribution in [3.63, 3.8) is 0 Å². The summed E-state index contributed by atoms with van der Waals surface area (Å²) in [7, 11) is 0. The molecular weight excluding hydrogens is 412 g/mol. The van der Waals surface area contributed by atoms with Crippen LogP contribution in [-0.4, -0.2) is 23.1 Å². The van der Waals surface area contributed by atoms with Gasteiger partial charge in [0.05, 0.1) is 0 Å². The summed E-state index contributed by atoms with van der Waals surface area (Å²) < 4.78 is 5.79. The third-order valence-corrected chi connectivity index (χ3v) is 6.22. The third-order valence-electron chi connectivity index (χ3n) is 6.22. The first-order valence-electron chi connectivity index (χ1n) is 14.2. The van der Waals surface area contributed by atoms with Crippen LogP contribution in [0.3, 0.4) is 0 Å². The molecule has 1 N–H and O–H groups in total. The Bertz CT molecular complexity index is 472. The van der Waals surface area contributed by atoms with Crippen LogP contribution in [0, 0.1) is 0 Å². The molecule has 1 unspecified atom stereocenters. The van der Waals surface area contributed by atoms with Crippen LogP contribution in [0.25, 0.3) is 0 Å². The molecule has 194 valence electrons. The predicted octanol–water partition coefficient (Wildman–Crippen LogP) is 9.16. The maximum atomic E-state index is 12.3. The Morgan fingerprint density at radius 3 is 1.73 bits per heavy atom. The Labute approximate surface area is 204 Å². The number of carbonyl (C=O) groups is 2. The van der Waals surface area contributed by atoms with Crippen LogP contribution in [0.2, 0.25) is 0 Å². The molecule has 0 aliphatic heterocycles. The molecule has 0 saturated carbocycles. The number of hydrogen-bond donors (Lipinski definition) is 1. The minimum Gasteiger partial charge on any atom is -0.481 e. The van der Waals surface area contributed by atoms with Gasteiger partial charge in [-0.2, -0.15) is 0 Å². The third kappa shape index (κ3) is 25.1. The fraction of sp³-hybridized carbons (Fsp3) is 0.862. The lowest BCUT2D eigenvalue weighted by molar-refractivity contribution is -0.147. The van der Waals surface area contributed by atoms with Crippen LogP contribution < -0.4 is 0 Å². The van der Waals surface area contributed by atoms with E-state index in [1.807, 2.05) is 0 Å². The largest absolute Gasteiger partial charge is 0.481 e. The zero-order chi connectivity index (χ0) is 24.4. The minimum absolute atomic E-state index is 0.0694. The molecule has 0 aliphatic rings. The Morgan fingerprint density at radius 2 is 1.15 bits per heavy atom. The maximum absolute atomic E-state index is 12.3. The van der Waals surface area contributed by atoms with Crippen molar-refractivity contribution in [2.45, 2.75) is 161 Å². The number of carbonyl (C=O) groups excluding carboxylic acids is 1. The highest BCUT2D eigenvalue weighted by atomic mass is 16.5. The summed E-state index contributed by atoms with van der Waals surface area (Å²) in [5.41, 5.74) is 0. The summed E-state index contributed by atoms with van der Waals surface area (Å²) >= 11 is 0. The molecule has 4 heteroatoms. The summed E-state index contributed by atoms with van der Waals surface area (Å²) in [6, 6.07) is 0. The zero-order valence-corrected chi connectivity index (χ0v) is 22.0. The van der Waals surface area contributed by atoms with Gasteiger partial charge >= 0.3 is 11.9 Å². The molecule has 0 aromatic rings. The molecule has 0 aliphatic carbocycles. The van der Waals surface area contributed by atoms with Crippen LogP contribution in [0.1, 0.15) is 155 Å². The van der Waals surface area contributed by atoms with Crippen molar-refractivity contribution in [2.24, 2.45) is 0 Å². The topological polar surface area (TPSA) is 63.6 Å². The molecule has 0 aromatic carbocycles. The van der Waals surface area contributed by atoms with Gasteiger partial charge < -0.3 is 9.84 Å². The molecule has 0 fully saturated rings. The van der Waals surface area contributed by atoms with Crippen molar-refractivity contribution < 1.29 is 19.4 Å². The quantitative estimate of drug-likeness (QED) is 0.0827. The number of ether oxygens (including phenoxy) is 1. The van der Waals surface area contributed by atoms with Gasteiger partial charge in [0.15, 0.2) is 0 Å². The number of unbranched alkanes of at least 4 members (excludes halogenated alkanes) is 16. The van der Waals surface area contributed by atoms with E-state index in [-0.39, 0.29) is 18.5 Å². The van der Waals surface area contributed by atoms with Crippen LogP contribution in [0.15, 0.2) is 12.2 Å². The summed E-state index contributed by atoms with van der Waals surface area (Å²) in [5.74, 6) is -0.791. The first-order valence-corrected chi connectivity index (χ1v) is 14.2. The second kappa shape index (κ2) is 25.3. The predicted molar refractivity (Wildman–Crippen MR) is 140 cm³/mol. The van der Waals surface area contributed by atoms with Gasteiger partial charge in [-0.25, -0.2) is 0 Å². The number of aliphatic carboxylic acids is 1. The van der Waals surface area contributed by atoms with E-state index in [4.69, 9.17) is 9.84 Å². The van der Waals surface area contributed by atoms with Crippen LogP contribution in [-0.2, 0) is 14.3 Å². The highest BCUT2D eigenvalue weighted by Crippen LogP contribution is 2.15. The standard InChI is InChI=1S/C29H54O4/c1-3-5-7-9-11-12-14-15-19-23-27(24-20-17-18-21-25-28(30)31)33-29(32)26-22-16-13-10-8-6-4-2/h19,23,27H,3-18,20-22,24-26H2,1-2H3,(H,30,31)/b23-19-. The van der Waals surface area contributed by atoms with Gasteiger partial charge in [0, 0.05) is 12.8 Å². The van der Waals surface area contributed by atoms with Crippen LogP contribution in [0.4, 0.5) is 0 Å². The van der Waals surface area contributed by atoms with Crippen molar-refractivity contribution in [2.75, 3.05) is 0 Å². The molecule has 0 heterocycles. The van der Waals surface area contributed by atoms with E-state index in [0.29, 0.717) is 6.42 Å². The fourth-order valence-electron chi connectivity index (χ4n) is 4.09. The van der Waals surface area contributed by atoms with Crippen molar-refractivity contribution in [1.29, 1.82) is 0 Å². The van der Waals surface area contributed by atoms with Gasteiger partial charge in [-0.15, -0.1) is 0 Å². The van der Waals surface area contributed by atoms with Crippen molar-refractivity contribution >= 4 is 11.9 Å². The fourth-order valence-corrected chi connectivity index (χ4v) is 4.09.